The van der Waals surface area contributed by atoms with Gasteiger partial charge in [-0.3, -0.25) is 4.79 Å². The Kier molecular flexibility index (Phi) is 4.26. The molecule has 1 amide bonds. The fraction of sp³-hybridized carbons (Fsp3) is 0.417. The van der Waals surface area contributed by atoms with E-state index in [9.17, 15) is 4.79 Å². The zero-order valence-electron chi connectivity index (χ0n) is 9.30. The van der Waals surface area contributed by atoms with Gasteiger partial charge in [-0.2, -0.15) is 0 Å². The van der Waals surface area contributed by atoms with Gasteiger partial charge in [-0.05, 0) is 25.0 Å². The minimum atomic E-state index is -0.119. The Morgan fingerprint density at radius 2 is 1.94 bits per heavy atom. The molecule has 1 fully saturated rings. The maximum atomic E-state index is 11.7. The molecule has 92 valence electrons. The first-order chi connectivity index (χ1) is 8.16. The number of hydrogen-bond acceptors (Lipinski definition) is 2. The van der Waals surface area contributed by atoms with Crippen LogP contribution in [-0.4, -0.2) is 18.5 Å². The van der Waals surface area contributed by atoms with Crippen LogP contribution >= 0.6 is 23.2 Å². The predicted molar refractivity (Wildman–Crippen MR) is 70.7 cm³/mol. The molecule has 1 aromatic rings. The Morgan fingerprint density at radius 1 is 1.29 bits per heavy atom. The molecule has 1 saturated carbocycles. The smallest absolute Gasteiger partial charge is 0.238 e. The molecule has 3 nitrogen and oxygen atoms in total. The Morgan fingerprint density at radius 3 is 2.47 bits per heavy atom. The number of halogens is 2. The van der Waals surface area contributed by atoms with E-state index < -0.39 is 0 Å². The van der Waals surface area contributed by atoms with Crippen LogP contribution in [0.1, 0.15) is 19.3 Å². The van der Waals surface area contributed by atoms with Crippen LogP contribution in [0, 0.1) is 0 Å². The summed E-state index contributed by atoms with van der Waals surface area (Å²) in [7, 11) is 0. The van der Waals surface area contributed by atoms with Gasteiger partial charge < -0.3 is 10.6 Å². The summed E-state index contributed by atoms with van der Waals surface area (Å²) < 4.78 is 0. The van der Waals surface area contributed by atoms with Gasteiger partial charge in [-0.1, -0.05) is 35.7 Å². The second-order valence-electron chi connectivity index (χ2n) is 4.15. The van der Waals surface area contributed by atoms with Crippen LogP contribution in [0.3, 0.4) is 0 Å². The third-order valence-corrected chi connectivity index (χ3v) is 3.51. The molecule has 17 heavy (non-hydrogen) atoms. The van der Waals surface area contributed by atoms with Crippen LogP contribution in [0.25, 0.3) is 0 Å². The summed E-state index contributed by atoms with van der Waals surface area (Å²) in [5.41, 5.74) is 0.483. The van der Waals surface area contributed by atoms with Crippen LogP contribution in [0.5, 0.6) is 0 Å². The van der Waals surface area contributed by atoms with Gasteiger partial charge in [0.25, 0.3) is 0 Å². The molecule has 1 aliphatic rings. The van der Waals surface area contributed by atoms with Crippen molar-refractivity contribution in [2.24, 2.45) is 0 Å². The lowest BCUT2D eigenvalue weighted by Gasteiger charge is -2.26. The number of carbonyl (C=O) groups is 1. The lowest BCUT2D eigenvalue weighted by atomic mass is 9.93. The molecule has 1 aromatic carbocycles. The molecule has 0 spiro atoms. The number of para-hydroxylation sites is 1. The van der Waals surface area contributed by atoms with E-state index in [1.807, 2.05) is 0 Å². The molecule has 0 heterocycles. The van der Waals surface area contributed by atoms with Crippen molar-refractivity contribution in [1.82, 2.24) is 5.32 Å². The van der Waals surface area contributed by atoms with E-state index >= 15 is 0 Å². The van der Waals surface area contributed by atoms with Crippen molar-refractivity contribution < 1.29 is 4.79 Å². The van der Waals surface area contributed by atoms with Crippen molar-refractivity contribution in [3.8, 4) is 0 Å². The number of amides is 1. The molecule has 0 aromatic heterocycles. The monoisotopic (exact) mass is 272 g/mol. The molecular formula is C12H14Cl2N2O. The summed E-state index contributed by atoms with van der Waals surface area (Å²) in [5, 5.41) is 6.80. The van der Waals surface area contributed by atoms with Gasteiger partial charge in [0.05, 0.1) is 22.3 Å². The number of benzene rings is 1. The first-order valence-electron chi connectivity index (χ1n) is 5.64. The van der Waals surface area contributed by atoms with Crippen molar-refractivity contribution in [3.05, 3.63) is 28.2 Å². The van der Waals surface area contributed by atoms with Crippen molar-refractivity contribution in [1.29, 1.82) is 0 Å². The van der Waals surface area contributed by atoms with E-state index in [1.165, 1.54) is 6.42 Å². The number of hydrogen-bond donors (Lipinski definition) is 2. The van der Waals surface area contributed by atoms with Gasteiger partial charge in [-0.15, -0.1) is 0 Å². The van der Waals surface area contributed by atoms with E-state index in [0.717, 1.165) is 12.8 Å². The maximum Gasteiger partial charge on any atom is 0.238 e. The quantitative estimate of drug-likeness (QED) is 0.885. The highest BCUT2D eigenvalue weighted by Crippen LogP contribution is 2.29. The lowest BCUT2D eigenvalue weighted by molar-refractivity contribution is -0.115. The SMILES string of the molecule is O=C(CNC1CCC1)Nc1c(Cl)cccc1Cl. The Labute approximate surface area is 110 Å². The Bertz CT molecular complexity index is 399. The summed E-state index contributed by atoms with van der Waals surface area (Å²) in [6, 6.07) is 5.63. The minimum Gasteiger partial charge on any atom is -0.322 e. The van der Waals surface area contributed by atoms with E-state index in [4.69, 9.17) is 23.2 Å². The van der Waals surface area contributed by atoms with E-state index in [2.05, 4.69) is 10.6 Å². The standard InChI is InChI=1S/C12H14Cl2N2O/c13-9-5-2-6-10(14)12(9)16-11(17)7-15-8-3-1-4-8/h2,5-6,8,15H,1,3-4,7H2,(H,16,17). The molecule has 1 aliphatic carbocycles. The molecule has 0 unspecified atom stereocenters. The fourth-order valence-electron chi connectivity index (χ4n) is 1.65. The van der Waals surface area contributed by atoms with E-state index in [0.29, 0.717) is 28.3 Å². The topological polar surface area (TPSA) is 41.1 Å². The van der Waals surface area contributed by atoms with Crippen molar-refractivity contribution in [3.63, 3.8) is 0 Å². The van der Waals surface area contributed by atoms with Gasteiger partial charge in [-0.25, -0.2) is 0 Å². The third-order valence-electron chi connectivity index (χ3n) is 2.88. The Balaban J connectivity index is 1.88. The summed E-state index contributed by atoms with van der Waals surface area (Å²) >= 11 is 11.9. The third kappa shape index (κ3) is 3.35. The number of carbonyl (C=O) groups excluding carboxylic acids is 1. The van der Waals surface area contributed by atoms with Crippen LogP contribution in [0.4, 0.5) is 5.69 Å². The lowest BCUT2D eigenvalue weighted by Crippen LogP contribution is -2.40. The summed E-state index contributed by atoms with van der Waals surface area (Å²) in [6.45, 7) is 0.298. The molecule has 2 rings (SSSR count). The number of rotatable bonds is 4. The first-order valence-corrected chi connectivity index (χ1v) is 6.39. The maximum absolute atomic E-state index is 11.7. The number of anilines is 1. The summed E-state index contributed by atoms with van der Waals surface area (Å²) in [4.78, 5) is 11.7. The molecule has 0 radical (unpaired) electrons. The molecular weight excluding hydrogens is 259 g/mol. The van der Waals surface area contributed by atoms with Gasteiger partial charge in [0.15, 0.2) is 0 Å². The molecule has 0 aliphatic heterocycles. The van der Waals surface area contributed by atoms with Gasteiger partial charge in [0, 0.05) is 6.04 Å². The highest BCUT2D eigenvalue weighted by atomic mass is 35.5. The zero-order chi connectivity index (χ0) is 12.3. The van der Waals surface area contributed by atoms with Crippen molar-refractivity contribution in [2.75, 3.05) is 11.9 Å². The highest BCUT2D eigenvalue weighted by Gasteiger charge is 2.18. The van der Waals surface area contributed by atoms with Crippen LogP contribution in [0.2, 0.25) is 10.0 Å². The first kappa shape index (κ1) is 12.7. The van der Waals surface area contributed by atoms with Crippen molar-refractivity contribution >= 4 is 34.8 Å². The van der Waals surface area contributed by atoms with Gasteiger partial charge in [0.1, 0.15) is 0 Å². The van der Waals surface area contributed by atoms with Crippen molar-refractivity contribution in [2.45, 2.75) is 25.3 Å². The van der Waals surface area contributed by atoms with Crippen LogP contribution in [-0.2, 0) is 4.79 Å². The molecule has 5 heteroatoms. The van der Waals surface area contributed by atoms with E-state index in [1.54, 1.807) is 18.2 Å². The zero-order valence-corrected chi connectivity index (χ0v) is 10.8. The average molecular weight is 273 g/mol. The van der Waals surface area contributed by atoms with Gasteiger partial charge >= 0.3 is 0 Å². The van der Waals surface area contributed by atoms with Crippen LogP contribution in [0.15, 0.2) is 18.2 Å². The largest absolute Gasteiger partial charge is 0.322 e. The number of nitrogens with one attached hydrogen (secondary N) is 2. The highest BCUT2D eigenvalue weighted by molar-refractivity contribution is 6.39. The second-order valence-corrected chi connectivity index (χ2v) is 4.97. The molecule has 0 atom stereocenters. The predicted octanol–water partition coefficient (Wildman–Crippen LogP) is 3.07. The molecule has 2 N–H and O–H groups in total. The normalized spacial score (nSPS) is 15.4. The average Bonchev–Trinajstić information content (AvgIpc) is 2.21. The molecule has 0 bridgehead atoms. The Hall–Kier alpha value is -0.770. The fourth-order valence-corrected chi connectivity index (χ4v) is 2.14. The second kappa shape index (κ2) is 5.71. The summed E-state index contributed by atoms with van der Waals surface area (Å²) in [5.74, 6) is -0.119. The van der Waals surface area contributed by atoms with Crippen LogP contribution < -0.4 is 10.6 Å². The van der Waals surface area contributed by atoms with Gasteiger partial charge in [0.2, 0.25) is 5.91 Å². The molecule has 0 saturated heterocycles. The van der Waals surface area contributed by atoms with E-state index in [-0.39, 0.29) is 5.91 Å². The summed E-state index contributed by atoms with van der Waals surface area (Å²) in [6.07, 6.45) is 3.55. The minimum absolute atomic E-state index is 0.119.